The van der Waals surface area contributed by atoms with Crippen LogP contribution in [0.25, 0.3) is 0 Å². The van der Waals surface area contributed by atoms with E-state index in [1.54, 1.807) is 0 Å². The molecule has 0 spiro atoms. The number of hydrogen-bond acceptors (Lipinski definition) is 5. The molecular weight excluding hydrogens is 252 g/mol. The first kappa shape index (κ1) is 15.3. The van der Waals surface area contributed by atoms with Gasteiger partial charge in [-0.15, -0.1) is 5.10 Å². The van der Waals surface area contributed by atoms with Crippen molar-refractivity contribution in [3.05, 3.63) is 5.89 Å². The summed E-state index contributed by atoms with van der Waals surface area (Å²) in [5.74, 6) is 2.10. The van der Waals surface area contributed by atoms with Crippen LogP contribution in [0.5, 0.6) is 0 Å². The van der Waals surface area contributed by atoms with Gasteiger partial charge < -0.3 is 14.6 Å². The monoisotopic (exact) mass is 280 g/mol. The molecule has 5 nitrogen and oxygen atoms in total. The highest BCUT2D eigenvalue weighted by Crippen LogP contribution is 2.28. The van der Waals surface area contributed by atoms with Crippen LogP contribution in [0.3, 0.4) is 0 Å². The maximum Gasteiger partial charge on any atom is 0.318 e. The summed E-state index contributed by atoms with van der Waals surface area (Å²) in [6.07, 6.45) is 5.09. The van der Waals surface area contributed by atoms with Gasteiger partial charge in [0.05, 0.1) is 6.54 Å². The third-order valence-electron chi connectivity index (χ3n) is 4.04. The van der Waals surface area contributed by atoms with Gasteiger partial charge in [0, 0.05) is 13.1 Å². The lowest BCUT2D eigenvalue weighted by Gasteiger charge is -2.32. The highest BCUT2D eigenvalue weighted by Gasteiger charge is 2.25. The van der Waals surface area contributed by atoms with Gasteiger partial charge in [-0.1, -0.05) is 38.7 Å². The molecule has 1 aromatic rings. The Morgan fingerprint density at radius 3 is 2.85 bits per heavy atom. The van der Waals surface area contributed by atoms with E-state index in [0.717, 1.165) is 12.5 Å². The molecule has 114 valence electrons. The Morgan fingerprint density at radius 2 is 2.15 bits per heavy atom. The van der Waals surface area contributed by atoms with E-state index in [0.29, 0.717) is 30.4 Å². The van der Waals surface area contributed by atoms with E-state index in [2.05, 4.69) is 48.2 Å². The highest BCUT2D eigenvalue weighted by atomic mass is 16.4. The SMILES string of the molecule is CC(C)CNCc1nnc(N(C)C2CCCC(C)C2)o1. The van der Waals surface area contributed by atoms with Crippen molar-refractivity contribution in [1.29, 1.82) is 0 Å². The molecule has 2 atom stereocenters. The third kappa shape index (κ3) is 4.20. The molecule has 0 saturated heterocycles. The highest BCUT2D eigenvalue weighted by molar-refractivity contribution is 5.24. The smallest absolute Gasteiger partial charge is 0.318 e. The van der Waals surface area contributed by atoms with Gasteiger partial charge in [-0.25, -0.2) is 0 Å². The zero-order chi connectivity index (χ0) is 14.5. The molecule has 0 amide bonds. The summed E-state index contributed by atoms with van der Waals surface area (Å²) in [6, 6.07) is 1.20. The van der Waals surface area contributed by atoms with E-state index in [1.807, 2.05) is 0 Å². The Bertz CT molecular complexity index is 404. The van der Waals surface area contributed by atoms with Crippen LogP contribution < -0.4 is 10.2 Å². The predicted molar refractivity (Wildman–Crippen MR) is 80.7 cm³/mol. The molecule has 2 rings (SSSR count). The number of hydrogen-bond donors (Lipinski definition) is 1. The van der Waals surface area contributed by atoms with Crippen molar-refractivity contribution in [1.82, 2.24) is 15.5 Å². The van der Waals surface area contributed by atoms with E-state index in [1.165, 1.54) is 25.7 Å². The summed E-state index contributed by atoms with van der Waals surface area (Å²) >= 11 is 0. The topological polar surface area (TPSA) is 54.2 Å². The van der Waals surface area contributed by atoms with Gasteiger partial charge in [-0.05, 0) is 31.2 Å². The van der Waals surface area contributed by atoms with Gasteiger partial charge in [-0.2, -0.15) is 0 Å². The van der Waals surface area contributed by atoms with Crippen LogP contribution in [0, 0.1) is 11.8 Å². The molecule has 1 N–H and O–H groups in total. The quantitative estimate of drug-likeness (QED) is 0.868. The average Bonchev–Trinajstić information content (AvgIpc) is 2.86. The molecule has 1 aromatic heterocycles. The van der Waals surface area contributed by atoms with Gasteiger partial charge in [0.15, 0.2) is 0 Å². The molecule has 0 aliphatic heterocycles. The molecule has 2 unspecified atom stereocenters. The van der Waals surface area contributed by atoms with Crippen molar-refractivity contribution in [2.45, 2.75) is 59.0 Å². The van der Waals surface area contributed by atoms with Crippen molar-refractivity contribution in [3.63, 3.8) is 0 Å². The second kappa shape index (κ2) is 7.07. The molecule has 0 aromatic carbocycles. The normalized spacial score (nSPS) is 23.2. The summed E-state index contributed by atoms with van der Waals surface area (Å²) in [4.78, 5) is 2.16. The van der Waals surface area contributed by atoms with Gasteiger partial charge >= 0.3 is 6.01 Å². The van der Waals surface area contributed by atoms with Gasteiger partial charge in [-0.3, -0.25) is 0 Å². The number of rotatable bonds is 6. The van der Waals surface area contributed by atoms with Gasteiger partial charge in [0.2, 0.25) is 5.89 Å². The first-order chi connectivity index (χ1) is 9.56. The van der Waals surface area contributed by atoms with Gasteiger partial charge in [0.25, 0.3) is 0 Å². The van der Waals surface area contributed by atoms with Crippen LogP contribution in [-0.4, -0.2) is 29.8 Å². The second-order valence-electron chi connectivity index (χ2n) is 6.54. The summed E-state index contributed by atoms with van der Waals surface area (Å²) in [5.41, 5.74) is 0. The second-order valence-corrected chi connectivity index (χ2v) is 6.54. The lowest BCUT2D eigenvalue weighted by atomic mass is 9.86. The van der Waals surface area contributed by atoms with Crippen LogP contribution in [-0.2, 0) is 6.54 Å². The van der Waals surface area contributed by atoms with Crippen LogP contribution in [0.15, 0.2) is 4.42 Å². The molecule has 1 heterocycles. The van der Waals surface area contributed by atoms with Crippen molar-refractivity contribution >= 4 is 6.01 Å². The minimum absolute atomic E-state index is 0.538. The minimum Gasteiger partial charge on any atom is -0.407 e. The molecule has 1 saturated carbocycles. The maximum atomic E-state index is 5.76. The number of aromatic nitrogens is 2. The summed E-state index contributed by atoms with van der Waals surface area (Å²) in [5, 5.41) is 11.6. The lowest BCUT2D eigenvalue weighted by Crippen LogP contribution is -2.35. The zero-order valence-electron chi connectivity index (χ0n) is 13.2. The number of nitrogens with one attached hydrogen (secondary N) is 1. The largest absolute Gasteiger partial charge is 0.407 e. The lowest BCUT2D eigenvalue weighted by molar-refractivity contribution is 0.325. The summed E-state index contributed by atoms with van der Waals surface area (Å²) < 4.78 is 5.76. The van der Waals surface area contributed by atoms with Crippen molar-refractivity contribution in [2.75, 3.05) is 18.5 Å². The van der Waals surface area contributed by atoms with E-state index in [-0.39, 0.29) is 0 Å². The first-order valence-corrected chi connectivity index (χ1v) is 7.82. The number of nitrogens with zero attached hydrogens (tertiary/aromatic N) is 3. The van der Waals surface area contributed by atoms with Crippen molar-refractivity contribution in [3.8, 4) is 0 Å². The van der Waals surface area contributed by atoms with E-state index < -0.39 is 0 Å². The van der Waals surface area contributed by atoms with Gasteiger partial charge in [0.1, 0.15) is 0 Å². The fourth-order valence-electron chi connectivity index (χ4n) is 2.84. The summed E-state index contributed by atoms with van der Waals surface area (Å²) in [7, 11) is 2.07. The maximum absolute atomic E-state index is 5.76. The molecule has 20 heavy (non-hydrogen) atoms. The Labute approximate surface area is 122 Å². The Morgan fingerprint density at radius 1 is 1.35 bits per heavy atom. The Balaban J connectivity index is 1.87. The van der Waals surface area contributed by atoms with Crippen molar-refractivity contribution in [2.24, 2.45) is 11.8 Å². The zero-order valence-corrected chi connectivity index (χ0v) is 13.2. The van der Waals surface area contributed by atoms with Crippen LogP contribution in [0.2, 0.25) is 0 Å². The molecule has 1 fully saturated rings. The molecule has 1 aliphatic rings. The molecule has 0 bridgehead atoms. The van der Waals surface area contributed by atoms with Crippen LogP contribution in [0.1, 0.15) is 52.3 Å². The standard InChI is InChI=1S/C15H28N4O/c1-11(2)9-16-10-14-17-18-15(20-14)19(4)13-7-5-6-12(3)8-13/h11-13,16H,5-10H2,1-4H3. The van der Waals surface area contributed by atoms with Crippen LogP contribution in [0.4, 0.5) is 6.01 Å². The fraction of sp³-hybridized carbons (Fsp3) is 0.867. The fourth-order valence-corrected chi connectivity index (χ4v) is 2.84. The molecule has 5 heteroatoms. The van der Waals surface area contributed by atoms with E-state index in [9.17, 15) is 0 Å². The van der Waals surface area contributed by atoms with Crippen molar-refractivity contribution < 1.29 is 4.42 Å². The van der Waals surface area contributed by atoms with E-state index >= 15 is 0 Å². The van der Waals surface area contributed by atoms with E-state index in [4.69, 9.17) is 4.42 Å². The molecule has 1 aliphatic carbocycles. The summed E-state index contributed by atoms with van der Waals surface area (Å²) in [6.45, 7) is 8.32. The Hall–Kier alpha value is -1.10. The minimum atomic E-state index is 0.538. The first-order valence-electron chi connectivity index (χ1n) is 7.82. The molecular formula is C15H28N4O. The Kier molecular flexibility index (Phi) is 5.40. The average molecular weight is 280 g/mol. The third-order valence-corrected chi connectivity index (χ3v) is 4.04. The predicted octanol–water partition coefficient (Wildman–Crippen LogP) is 2.83. The van der Waals surface area contributed by atoms with Crippen LogP contribution >= 0.6 is 0 Å². The number of anilines is 1. The molecule has 0 radical (unpaired) electrons.